The second-order valence-corrected chi connectivity index (χ2v) is 14.0. The van der Waals surface area contributed by atoms with E-state index in [1.54, 1.807) is 0 Å². The summed E-state index contributed by atoms with van der Waals surface area (Å²) < 4.78 is 21.6. The van der Waals surface area contributed by atoms with E-state index in [4.69, 9.17) is 19.0 Å². The lowest BCUT2D eigenvalue weighted by molar-refractivity contribution is -0.143. The van der Waals surface area contributed by atoms with Crippen molar-refractivity contribution in [2.45, 2.75) is 96.7 Å². The van der Waals surface area contributed by atoms with E-state index in [-0.39, 0.29) is 12.0 Å². The largest absolute Gasteiger partial charge is 0.390 e. The second kappa shape index (κ2) is 8.16. The third-order valence-corrected chi connectivity index (χ3v) is 10.9. The van der Waals surface area contributed by atoms with Gasteiger partial charge in [-0.15, -0.1) is 0 Å². The molecule has 1 aromatic rings. The Hall–Kier alpha value is -0.720. The summed E-state index contributed by atoms with van der Waals surface area (Å²) in [5.41, 5.74) is 1.06. The molecule has 3 N–H and O–H groups in total. The molecule has 5 rings (SSSR count). The van der Waals surface area contributed by atoms with Crippen molar-refractivity contribution in [1.29, 1.82) is 0 Å². The maximum Gasteiger partial charge on any atom is 0.350 e. The van der Waals surface area contributed by atoms with Crippen molar-refractivity contribution in [2.75, 3.05) is 6.35 Å². The summed E-state index contributed by atoms with van der Waals surface area (Å²) >= 11 is 0. The highest BCUT2D eigenvalue weighted by molar-refractivity contribution is 7.51. The van der Waals surface area contributed by atoms with Crippen LogP contribution < -0.4 is 0 Å². The molecule has 7 nitrogen and oxygen atoms in total. The molecule has 4 fully saturated rings. The van der Waals surface area contributed by atoms with Gasteiger partial charge in [-0.05, 0) is 99.2 Å². The van der Waals surface area contributed by atoms with Gasteiger partial charge in [0, 0.05) is 12.0 Å². The van der Waals surface area contributed by atoms with Gasteiger partial charge in [0.1, 0.15) is 13.0 Å². The van der Waals surface area contributed by atoms with Gasteiger partial charge >= 0.3 is 7.60 Å². The fourth-order valence-electron chi connectivity index (χ4n) is 8.74. The summed E-state index contributed by atoms with van der Waals surface area (Å²) in [5.74, 6) is 3.76. The van der Waals surface area contributed by atoms with Gasteiger partial charge in [0.15, 0.2) is 5.76 Å². The first-order valence-corrected chi connectivity index (χ1v) is 14.5. The topological polar surface area (TPSA) is 113 Å². The Bertz CT molecular complexity index is 926. The van der Waals surface area contributed by atoms with Crippen LogP contribution in [0, 0.1) is 34.5 Å². The van der Waals surface area contributed by atoms with E-state index in [1.807, 2.05) is 13.0 Å². The molecule has 0 amide bonds. The van der Waals surface area contributed by atoms with Crippen molar-refractivity contribution in [3.8, 4) is 0 Å². The Balaban J connectivity index is 1.30. The zero-order chi connectivity index (χ0) is 23.6. The Morgan fingerprint density at radius 3 is 2.58 bits per heavy atom. The minimum Gasteiger partial charge on any atom is -0.390 e. The number of hydrogen-bond acceptors (Lipinski definition) is 5. The lowest BCUT2D eigenvalue weighted by Gasteiger charge is -2.61. The zero-order valence-electron chi connectivity index (χ0n) is 20.2. The Labute approximate surface area is 196 Å². The highest BCUT2D eigenvalue weighted by Gasteiger charge is 2.61. The monoisotopic (exact) mass is 481 g/mol. The van der Waals surface area contributed by atoms with Crippen LogP contribution in [-0.2, 0) is 15.9 Å². The molecule has 0 aliphatic heterocycles. The molecule has 0 radical (unpaired) electrons. The first-order chi connectivity index (χ1) is 15.4. The van der Waals surface area contributed by atoms with E-state index < -0.39 is 19.5 Å². The van der Waals surface area contributed by atoms with Crippen LogP contribution in [0.1, 0.15) is 95.9 Å². The molecule has 1 heterocycles. The average Bonchev–Trinajstić information content (AvgIpc) is 3.31. The van der Waals surface area contributed by atoms with Gasteiger partial charge in [-0.3, -0.25) is 4.57 Å². The number of rotatable bonds is 5. The zero-order valence-corrected chi connectivity index (χ0v) is 21.1. The molecule has 0 bridgehead atoms. The summed E-state index contributed by atoms with van der Waals surface area (Å²) in [5, 5.41) is 15.1. The molecule has 4 aliphatic carbocycles. The molecule has 8 heteroatoms. The first-order valence-electron chi connectivity index (χ1n) is 12.7. The van der Waals surface area contributed by atoms with Crippen LogP contribution in [0.4, 0.5) is 0 Å². The van der Waals surface area contributed by atoms with Crippen molar-refractivity contribution in [3.05, 3.63) is 17.5 Å². The van der Waals surface area contributed by atoms with Crippen LogP contribution in [0.15, 0.2) is 10.6 Å². The van der Waals surface area contributed by atoms with E-state index in [1.165, 1.54) is 32.1 Å². The van der Waals surface area contributed by atoms with Crippen molar-refractivity contribution in [1.82, 2.24) is 5.16 Å². The molecule has 4 aliphatic rings. The molecule has 0 saturated heterocycles. The van der Waals surface area contributed by atoms with Crippen LogP contribution in [-0.4, -0.2) is 32.0 Å². The molecule has 1 aromatic heterocycles. The number of aliphatic hydroxyl groups is 1. The number of ether oxygens (including phenoxy) is 1. The molecule has 186 valence electrons. The van der Waals surface area contributed by atoms with Gasteiger partial charge in [-0.1, -0.05) is 19.0 Å². The Morgan fingerprint density at radius 1 is 1.06 bits per heavy atom. The molecule has 4 saturated carbocycles. The third-order valence-electron chi connectivity index (χ3n) is 10.4. The first kappa shape index (κ1) is 24.0. The van der Waals surface area contributed by atoms with Gasteiger partial charge in [-0.2, -0.15) is 0 Å². The number of nitrogens with zero attached hydrogens (tertiary/aromatic N) is 1. The van der Waals surface area contributed by atoms with Crippen LogP contribution in [0.2, 0.25) is 0 Å². The van der Waals surface area contributed by atoms with Crippen molar-refractivity contribution < 1.29 is 28.7 Å². The van der Waals surface area contributed by atoms with Crippen LogP contribution in [0.3, 0.4) is 0 Å². The van der Waals surface area contributed by atoms with Gasteiger partial charge in [0.05, 0.1) is 11.3 Å². The lowest BCUT2D eigenvalue weighted by Crippen LogP contribution is -2.55. The summed E-state index contributed by atoms with van der Waals surface area (Å²) in [6.45, 7) is 7.05. The fourth-order valence-corrected chi connectivity index (χ4v) is 9.07. The van der Waals surface area contributed by atoms with Gasteiger partial charge in [0.25, 0.3) is 0 Å². The van der Waals surface area contributed by atoms with Gasteiger partial charge < -0.3 is 24.2 Å². The molecular weight excluding hydrogens is 441 g/mol. The highest BCUT2D eigenvalue weighted by Crippen LogP contribution is 2.69. The van der Waals surface area contributed by atoms with Crippen molar-refractivity contribution >= 4 is 7.60 Å². The summed E-state index contributed by atoms with van der Waals surface area (Å²) in [7, 11) is -4.18. The minimum atomic E-state index is -4.18. The van der Waals surface area contributed by atoms with Crippen LogP contribution >= 0.6 is 7.60 Å². The van der Waals surface area contributed by atoms with E-state index in [0.717, 1.165) is 43.2 Å². The molecule has 2 unspecified atom stereocenters. The number of fused-ring (bicyclic) bond motifs is 5. The van der Waals surface area contributed by atoms with E-state index in [0.29, 0.717) is 28.9 Å². The maximum absolute atomic E-state index is 11.0. The number of hydrogen-bond donors (Lipinski definition) is 3. The molecule has 0 spiro atoms. The molecule has 8 atom stereocenters. The summed E-state index contributed by atoms with van der Waals surface area (Å²) in [6.07, 6.45) is 9.79. The van der Waals surface area contributed by atoms with Gasteiger partial charge in [0.2, 0.25) is 0 Å². The number of aromatic nitrogens is 1. The summed E-state index contributed by atoms with van der Waals surface area (Å²) in [4.78, 5) is 18.0. The van der Waals surface area contributed by atoms with Gasteiger partial charge in [-0.25, -0.2) is 0 Å². The predicted octanol–water partition coefficient (Wildman–Crippen LogP) is 5.20. The average molecular weight is 482 g/mol. The van der Waals surface area contributed by atoms with Crippen LogP contribution in [0.25, 0.3) is 0 Å². The van der Waals surface area contributed by atoms with E-state index in [2.05, 4.69) is 19.0 Å². The smallest absolute Gasteiger partial charge is 0.350 e. The normalized spacial score (nSPS) is 45.3. The molecule has 0 aromatic carbocycles. The van der Waals surface area contributed by atoms with Crippen molar-refractivity contribution in [2.24, 2.45) is 34.5 Å². The quantitative estimate of drug-likeness (QED) is 0.495. The SMILES string of the molecule is C[C@@]1(O)CC[C@@]2(C)C(CC[C@@H]3C2CC[C@]2(C)[C@@H](c4cc(COCP(=O)(O)O)on4)CC[C@@H]32)C1. The predicted molar refractivity (Wildman–Crippen MR) is 123 cm³/mol. The van der Waals surface area contributed by atoms with Crippen LogP contribution in [0.5, 0.6) is 0 Å². The molecular formula is C25H40NO6P. The standard InChI is InChI=1S/C25H40NO6P/c1-23(27)10-11-24(2)16(13-23)4-5-18-19-6-7-21(25(19,3)9-8-20(18)24)22-12-17(32-26-22)14-31-15-33(28,29)30/h12,16,18-21,27H,4-11,13-15H2,1-3H3,(H2,28,29,30)/t16?,18-,19-,20?,21+,23+,24-,25-/m0/s1. The van der Waals surface area contributed by atoms with Crippen molar-refractivity contribution in [3.63, 3.8) is 0 Å². The Morgan fingerprint density at radius 2 is 1.82 bits per heavy atom. The molecule has 33 heavy (non-hydrogen) atoms. The third kappa shape index (κ3) is 4.27. The minimum absolute atomic E-state index is 0.0270. The second-order valence-electron chi connectivity index (χ2n) is 12.4. The fraction of sp³-hybridized carbons (Fsp3) is 0.880. The Kier molecular flexibility index (Phi) is 5.93. The lowest BCUT2D eigenvalue weighted by atomic mass is 9.44. The highest BCUT2D eigenvalue weighted by atomic mass is 31.2. The van der Waals surface area contributed by atoms with E-state index >= 15 is 0 Å². The maximum atomic E-state index is 11.0. The van der Waals surface area contributed by atoms with E-state index in [9.17, 15) is 9.67 Å². The summed E-state index contributed by atoms with van der Waals surface area (Å²) in [6, 6.07) is 1.94.